The quantitative estimate of drug-likeness (QED) is 0.804. The second kappa shape index (κ2) is 4.96. The van der Waals surface area contributed by atoms with Crippen LogP contribution < -0.4 is 10.2 Å². The number of carbonyl (C=O) groups excluding carboxylic acids is 2. The molecule has 0 spiro atoms. The zero-order chi connectivity index (χ0) is 15.0. The first-order valence-corrected chi connectivity index (χ1v) is 6.96. The first-order valence-electron chi connectivity index (χ1n) is 6.96. The molecule has 1 aromatic rings. The van der Waals surface area contributed by atoms with Crippen molar-refractivity contribution in [1.82, 2.24) is 5.32 Å². The number of hydrogen-bond acceptors (Lipinski definition) is 4. The van der Waals surface area contributed by atoms with E-state index in [1.807, 2.05) is 0 Å². The van der Waals surface area contributed by atoms with Gasteiger partial charge < -0.3 is 5.11 Å². The van der Waals surface area contributed by atoms with E-state index in [1.54, 1.807) is 30.3 Å². The molecule has 110 valence electrons. The molecule has 1 heterocycles. The summed E-state index contributed by atoms with van der Waals surface area (Å²) in [7, 11) is 0. The number of carboxylic acid groups (broad SMARTS) is 1. The van der Waals surface area contributed by atoms with Crippen molar-refractivity contribution < 1.29 is 19.5 Å². The molecule has 2 fully saturated rings. The molecule has 1 atom stereocenters. The molecule has 1 aliphatic carbocycles. The third kappa shape index (κ3) is 2.21. The van der Waals surface area contributed by atoms with Crippen molar-refractivity contribution in [2.75, 3.05) is 4.90 Å². The van der Waals surface area contributed by atoms with Gasteiger partial charge in [0.05, 0.1) is 18.2 Å². The Hall–Kier alpha value is -2.21. The highest BCUT2D eigenvalue weighted by atomic mass is 16.4. The van der Waals surface area contributed by atoms with Crippen molar-refractivity contribution >= 4 is 23.5 Å². The number of hydrogen-bond donors (Lipinski definition) is 2. The van der Waals surface area contributed by atoms with E-state index in [4.69, 9.17) is 0 Å². The predicted octanol–water partition coefficient (Wildman–Crippen LogP) is 0.915. The maximum absolute atomic E-state index is 12.4. The van der Waals surface area contributed by atoms with Gasteiger partial charge >= 0.3 is 5.97 Å². The van der Waals surface area contributed by atoms with Crippen LogP contribution in [0.5, 0.6) is 0 Å². The number of nitrogens with zero attached hydrogens (tertiary/aromatic N) is 1. The lowest BCUT2D eigenvalue weighted by Crippen LogP contribution is -2.61. The smallest absolute Gasteiger partial charge is 0.323 e. The van der Waals surface area contributed by atoms with E-state index in [9.17, 15) is 19.5 Å². The summed E-state index contributed by atoms with van der Waals surface area (Å²) in [6.07, 6.45) is 1.80. The van der Waals surface area contributed by atoms with Crippen LogP contribution in [0.3, 0.4) is 0 Å². The van der Waals surface area contributed by atoms with E-state index < -0.39 is 17.6 Å². The van der Waals surface area contributed by atoms with E-state index >= 15 is 0 Å². The topological polar surface area (TPSA) is 86.7 Å². The highest BCUT2D eigenvalue weighted by molar-refractivity contribution is 6.22. The van der Waals surface area contributed by atoms with Crippen LogP contribution in [0.15, 0.2) is 30.3 Å². The number of rotatable bonds is 4. The fourth-order valence-corrected chi connectivity index (χ4v) is 2.88. The lowest BCUT2D eigenvalue weighted by molar-refractivity contribution is -0.149. The minimum atomic E-state index is -1.05. The molecular formula is C15H16N2O4. The van der Waals surface area contributed by atoms with Crippen LogP contribution in [-0.2, 0) is 14.4 Å². The van der Waals surface area contributed by atoms with Gasteiger partial charge in [0, 0.05) is 0 Å². The Labute approximate surface area is 121 Å². The molecule has 1 saturated heterocycles. The van der Waals surface area contributed by atoms with Crippen LogP contribution in [0.25, 0.3) is 0 Å². The first-order chi connectivity index (χ1) is 10.0. The zero-order valence-corrected chi connectivity index (χ0v) is 11.4. The summed E-state index contributed by atoms with van der Waals surface area (Å²) in [4.78, 5) is 37.0. The van der Waals surface area contributed by atoms with Gasteiger partial charge in [0.2, 0.25) is 5.91 Å². The first kappa shape index (κ1) is 13.8. The van der Waals surface area contributed by atoms with E-state index in [2.05, 4.69) is 5.32 Å². The van der Waals surface area contributed by atoms with Crippen molar-refractivity contribution in [3.05, 3.63) is 30.3 Å². The Morgan fingerprint density at radius 2 is 1.90 bits per heavy atom. The van der Waals surface area contributed by atoms with E-state index in [-0.39, 0.29) is 18.2 Å². The number of carboxylic acids is 1. The molecule has 3 rings (SSSR count). The number of carbonyl (C=O) groups is 3. The average molecular weight is 288 g/mol. The third-order valence-electron chi connectivity index (χ3n) is 4.23. The third-order valence-corrected chi connectivity index (χ3v) is 4.23. The molecule has 1 unspecified atom stereocenters. The van der Waals surface area contributed by atoms with Gasteiger partial charge in [0.1, 0.15) is 5.54 Å². The molecule has 1 saturated carbocycles. The van der Waals surface area contributed by atoms with E-state index in [0.29, 0.717) is 18.5 Å². The number of anilines is 1. The van der Waals surface area contributed by atoms with Crippen molar-refractivity contribution in [2.24, 2.45) is 0 Å². The minimum Gasteiger partial charge on any atom is -0.480 e. The Kier molecular flexibility index (Phi) is 3.25. The number of nitrogens with one attached hydrogen (secondary N) is 1. The summed E-state index contributed by atoms with van der Waals surface area (Å²) < 4.78 is 0. The Morgan fingerprint density at radius 3 is 2.43 bits per heavy atom. The van der Waals surface area contributed by atoms with Crippen molar-refractivity contribution in [2.45, 2.75) is 37.3 Å². The average Bonchev–Trinajstić information content (AvgIpc) is 2.69. The maximum atomic E-state index is 12.4. The molecule has 6 nitrogen and oxygen atoms in total. The monoisotopic (exact) mass is 288 g/mol. The minimum absolute atomic E-state index is 0.00274. The molecule has 2 N–H and O–H groups in total. The molecule has 1 aliphatic heterocycles. The molecule has 2 aliphatic rings. The molecule has 0 bridgehead atoms. The summed E-state index contributed by atoms with van der Waals surface area (Å²) >= 11 is 0. The zero-order valence-electron chi connectivity index (χ0n) is 11.4. The summed E-state index contributed by atoms with van der Waals surface area (Å²) in [5.74, 6) is -1.63. The Balaban J connectivity index is 1.79. The standard InChI is InChI=1S/C15H16N2O4/c18-12-9-11(16-15(14(20)21)7-4-8-15)13(19)17(12)10-5-2-1-3-6-10/h1-3,5-6,11,16H,4,7-9H2,(H,20,21). The molecule has 6 heteroatoms. The van der Waals surface area contributed by atoms with Gasteiger partial charge in [-0.15, -0.1) is 0 Å². The van der Waals surface area contributed by atoms with Gasteiger partial charge in [0.15, 0.2) is 0 Å². The van der Waals surface area contributed by atoms with Crippen LogP contribution in [0.2, 0.25) is 0 Å². The molecule has 1 aromatic carbocycles. The van der Waals surface area contributed by atoms with Crippen molar-refractivity contribution in [1.29, 1.82) is 0 Å². The number of benzene rings is 1. The van der Waals surface area contributed by atoms with Crippen LogP contribution in [0.4, 0.5) is 5.69 Å². The van der Waals surface area contributed by atoms with Crippen LogP contribution >= 0.6 is 0 Å². The van der Waals surface area contributed by atoms with Gasteiger partial charge in [0.25, 0.3) is 5.91 Å². The van der Waals surface area contributed by atoms with Gasteiger partial charge in [-0.25, -0.2) is 4.90 Å². The highest BCUT2D eigenvalue weighted by Gasteiger charge is 2.50. The normalized spacial score (nSPS) is 24.0. The summed E-state index contributed by atoms with van der Waals surface area (Å²) in [6, 6.07) is 7.93. The van der Waals surface area contributed by atoms with Crippen molar-refractivity contribution in [3.8, 4) is 0 Å². The summed E-state index contributed by atoms with van der Waals surface area (Å²) in [5, 5.41) is 12.2. The number of imide groups is 1. The largest absolute Gasteiger partial charge is 0.480 e. The molecule has 21 heavy (non-hydrogen) atoms. The predicted molar refractivity (Wildman–Crippen MR) is 74.7 cm³/mol. The van der Waals surface area contributed by atoms with E-state index in [0.717, 1.165) is 11.3 Å². The van der Waals surface area contributed by atoms with Crippen LogP contribution in [0.1, 0.15) is 25.7 Å². The van der Waals surface area contributed by atoms with Crippen molar-refractivity contribution in [3.63, 3.8) is 0 Å². The van der Waals surface area contributed by atoms with Crippen LogP contribution in [0, 0.1) is 0 Å². The molecule has 2 amide bonds. The lowest BCUT2D eigenvalue weighted by Gasteiger charge is -2.40. The van der Waals surface area contributed by atoms with Gasteiger partial charge in [-0.2, -0.15) is 0 Å². The fourth-order valence-electron chi connectivity index (χ4n) is 2.88. The van der Waals surface area contributed by atoms with Gasteiger partial charge in [-0.05, 0) is 31.4 Å². The SMILES string of the molecule is O=C1CC(NC2(C(=O)O)CCC2)C(=O)N1c1ccccc1. The number of para-hydroxylation sites is 1. The Bertz CT molecular complexity index is 595. The maximum Gasteiger partial charge on any atom is 0.323 e. The van der Waals surface area contributed by atoms with Crippen LogP contribution in [-0.4, -0.2) is 34.5 Å². The van der Waals surface area contributed by atoms with Gasteiger partial charge in [-0.3, -0.25) is 19.7 Å². The molecule has 0 radical (unpaired) electrons. The summed E-state index contributed by atoms with van der Waals surface area (Å²) in [6.45, 7) is 0. The molecule has 0 aromatic heterocycles. The Morgan fingerprint density at radius 1 is 1.24 bits per heavy atom. The second-order valence-electron chi connectivity index (χ2n) is 5.54. The highest BCUT2D eigenvalue weighted by Crippen LogP contribution is 2.34. The molecular weight excluding hydrogens is 272 g/mol. The fraction of sp³-hybridized carbons (Fsp3) is 0.400. The number of amides is 2. The van der Waals surface area contributed by atoms with E-state index in [1.165, 1.54) is 0 Å². The lowest BCUT2D eigenvalue weighted by atomic mass is 9.76. The second-order valence-corrected chi connectivity index (χ2v) is 5.54. The summed E-state index contributed by atoms with van der Waals surface area (Å²) in [5.41, 5.74) is -0.525. The van der Waals surface area contributed by atoms with Gasteiger partial charge in [-0.1, -0.05) is 18.2 Å². The number of aliphatic carboxylic acids is 1.